The number of likely N-dealkylation sites (N-methyl/N-ethyl adjacent to an activating group) is 1. The van der Waals surface area contributed by atoms with Crippen LogP contribution in [0.4, 0.5) is 4.79 Å². The van der Waals surface area contributed by atoms with E-state index in [1.54, 1.807) is 4.90 Å². The largest absolute Gasteiger partial charge is 0.444 e. The topological polar surface area (TPSA) is 41.6 Å². The smallest absolute Gasteiger partial charge is 0.410 e. The second kappa shape index (κ2) is 9.04. The van der Waals surface area contributed by atoms with Crippen LogP contribution in [0, 0.1) is 0 Å². The predicted molar refractivity (Wildman–Crippen MR) is 102 cm³/mol. The molecule has 0 aliphatic rings. The average molecular weight is 450 g/mol. The van der Waals surface area contributed by atoms with E-state index in [2.05, 4.69) is 50.2 Å². The Bertz CT molecular complexity index is 530. The number of ether oxygens (including phenoxy) is 1. The summed E-state index contributed by atoms with van der Waals surface area (Å²) in [6.45, 7) is 11.7. The van der Waals surface area contributed by atoms with Gasteiger partial charge < -0.3 is 15.0 Å². The maximum Gasteiger partial charge on any atom is 0.410 e. The number of carbonyl (C=O) groups is 1. The fourth-order valence-corrected chi connectivity index (χ4v) is 3.47. The Morgan fingerprint density at radius 3 is 2.52 bits per heavy atom. The molecule has 1 N–H and O–H groups in total. The second-order valence-corrected chi connectivity index (χ2v) is 8.17. The van der Waals surface area contributed by atoms with Gasteiger partial charge in [-0.1, -0.05) is 37.9 Å². The molecule has 130 valence electrons. The maximum atomic E-state index is 12.1. The summed E-state index contributed by atoms with van der Waals surface area (Å²) in [6, 6.07) is 6.33. The van der Waals surface area contributed by atoms with Crippen LogP contribution in [-0.4, -0.2) is 36.2 Å². The zero-order valence-electron chi connectivity index (χ0n) is 14.5. The molecule has 0 aliphatic carbocycles. The number of hydrogen-bond acceptors (Lipinski definition) is 3. The van der Waals surface area contributed by atoms with E-state index in [-0.39, 0.29) is 12.1 Å². The lowest BCUT2D eigenvalue weighted by Gasteiger charge is -2.27. The summed E-state index contributed by atoms with van der Waals surface area (Å²) in [5.41, 5.74) is 0.724. The van der Waals surface area contributed by atoms with Crippen LogP contribution < -0.4 is 5.32 Å². The normalized spacial score (nSPS) is 12.8. The number of nitrogens with one attached hydrogen (secondary N) is 1. The van der Waals surface area contributed by atoms with Crippen LogP contribution in [-0.2, 0) is 4.74 Å². The van der Waals surface area contributed by atoms with Gasteiger partial charge in [-0.05, 0) is 52.3 Å². The van der Waals surface area contributed by atoms with Crippen LogP contribution in [0.5, 0.6) is 0 Å². The molecule has 0 aromatic heterocycles. The number of benzene rings is 1. The van der Waals surface area contributed by atoms with E-state index in [1.165, 1.54) is 5.56 Å². The van der Waals surface area contributed by atoms with Gasteiger partial charge >= 0.3 is 6.09 Å². The molecule has 1 atom stereocenters. The van der Waals surface area contributed by atoms with Crippen molar-refractivity contribution in [3.05, 3.63) is 32.7 Å². The average Bonchev–Trinajstić information content (AvgIpc) is 2.41. The number of nitrogens with zero attached hydrogens (tertiary/aromatic N) is 1. The molecule has 1 aromatic rings. The lowest BCUT2D eigenvalue weighted by molar-refractivity contribution is 0.0261. The van der Waals surface area contributed by atoms with E-state index in [0.717, 1.165) is 8.95 Å². The van der Waals surface area contributed by atoms with E-state index < -0.39 is 5.60 Å². The van der Waals surface area contributed by atoms with E-state index in [4.69, 9.17) is 4.74 Å². The molecular weight excluding hydrogens is 424 g/mol. The van der Waals surface area contributed by atoms with Crippen molar-refractivity contribution < 1.29 is 9.53 Å². The molecule has 4 nitrogen and oxygen atoms in total. The Morgan fingerprint density at radius 1 is 1.35 bits per heavy atom. The standard InChI is InChI=1S/C17H26Br2N2O2/c1-6-21(16(22)23-17(3,4)5)10-9-20-12(2)14-8-7-13(18)11-15(14)19/h7-8,11-12,20H,6,9-10H2,1-5H3. The first-order chi connectivity index (χ1) is 10.6. The molecule has 23 heavy (non-hydrogen) atoms. The van der Waals surface area contributed by atoms with Crippen molar-refractivity contribution in [1.29, 1.82) is 0 Å². The van der Waals surface area contributed by atoms with Crippen molar-refractivity contribution in [1.82, 2.24) is 10.2 Å². The molecule has 0 saturated heterocycles. The summed E-state index contributed by atoms with van der Waals surface area (Å²) in [5, 5.41) is 3.45. The molecule has 1 unspecified atom stereocenters. The van der Waals surface area contributed by atoms with Gasteiger partial charge in [-0.15, -0.1) is 0 Å². The van der Waals surface area contributed by atoms with E-state index in [0.29, 0.717) is 19.6 Å². The number of rotatable bonds is 6. The van der Waals surface area contributed by atoms with Gasteiger partial charge in [-0.2, -0.15) is 0 Å². The van der Waals surface area contributed by atoms with Crippen LogP contribution in [0.1, 0.15) is 46.2 Å². The lowest BCUT2D eigenvalue weighted by atomic mass is 10.1. The van der Waals surface area contributed by atoms with Gasteiger partial charge in [0.15, 0.2) is 0 Å². The summed E-state index contributed by atoms with van der Waals surface area (Å²) >= 11 is 7.04. The molecule has 0 saturated carbocycles. The zero-order chi connectivity index (χ0) is 17.6. The number of carbonyl (C=O) groups excluding carboxylic acids is 1. The van der Waals surface area contributed by atoms with Crippen molar-refractivity contribution in [3.8, 4) is 0 Å². The molecule has 0 bridgehead atoms. The van der Waals surface area contributed by atoms with Crippen molar-refractivity contribution in [3.63, 3.8) is 0 Å². The third kappa shape index (κ3) is 7.23. The van der Waals surface area contributed by atoms with Crippen LogP contribution >= 0.6 is 31.9 Å². The van der Waals surface area contributed by atoms with Crippen molar-refractivity contribution in [2.45, 2.75) is 46.3 Å². The summed E-state index contributed by atoms with van der Waals surface area (Å²) in [4.78, 5) is 13.8. The minimum absolute atomic E-state index is 0.190. The van der Waals surface area contributed by atoms with Gasteiger partial charge in [0.25, 0.3) is 0 Å². The van der Waals surface area contributed by atoms with Crippen LogP contribution in [0.2, 0.25) is 0 Å². The fourth-order valence-electron chi connectivity index (χ4n) is 2.08. The molecule has 0 spiro atoms. The fraction of sp³-hybridized carbons (Fsp3) is 0.588. The predicted octanol–water partition coefficient (Wildman–Crippen LogP) is 5.12. The SMILES string of the molecule is CCN(CCNC(C)c1ccc(Br)cc1Br)C(=O)OC(C)(C)C. The second-order valence-electron chi connectivity index (χ2n) is 6.40. The van der Waals surface area contributed by atoms with E-state index >= 15 is 0 Å². The highest BCUT2D eigenvalue weighted by molar-refractivity contribution is 9.11. The molecule has 6 heteroatoms. The number of hydrogen-bond donors (Lipinski definition) is 1. The van der Waals surface area contributed by atoms with Gasteiger partial charge in [0.1, 0.15) is 5.60 Å². The Balaban J connectivity index is 2.52. The van der Waals surface area contributed by atoms with Gasteiger partial charge in [0, 0.05) is 34.6 Å². The van der Waals surface area contributed by atoms with Gasteiger partial charge in [-0.25, -0.2) is 4.79 Å². The molecule has 0 aliphatic heterocycles. The third-order valence-electron chi connectivity index (χ3n) is 3.29. The van der Waals surface area contributed by atoms with Gasteiger partial charge in [0.05, 0.1) is 0 Å². The molecule has 1 aromatic carbocycles. The summed E-state index contributed by atoms with van der Waals surface area (Å²) in [7, 11) is 0. The molecule has 1 rings (SSSR count). The molecular formula is C17H26Br2N2O2. The number of halogens is 2. The van der Waals surface area contributed by atoms with Gasteiger partial charge in [-0.3, -0.25) is 0 Å². The summed E-state index contributed by atoms with van der Waals surface area (Å²) < 4.78 is 7.52. The quantitative estimate of drug-likeness (QED) is 0.655. The third-order valence-corrected chi connectivity index (χ3v) is 4.47. The summed E-state index contributed by atoms with van der Waals surface area (Å²) in [5.74, 6) is 0. The first kappa shape index (κ1) is 20.5. The van der Waals surface area contributed by atoms with Gasteiger partial charge in [0.2, 0.25) is 0 Å². The van der Waals surface area contributed by atoms with Crippen molar-refractivity contribution >= 4 is 38.0 Å². The molecule has 0 fully saturated rings. The van der Waals surface area contributed by atoms with Crippen molar-refractivity contribution in [2.24, 2.45) is 0 Å². The minimum atomic E-state index is -0.465. The minimum Gasteiger partial charge on any atom is -0.444 e. The van der Waals surface area contributed by atoms with Crippen LogP contribution in [0.3, 0.4) is 0 Å². The first-order valence-corrected chi connectivity index (χ1v) is 9.39. The first-order valence-electron chi connectivity index (χ1n) is 7.80. The monoisotopic (exact) mass is 448 g/mol. The molecule has 0 heterocycles. The van der Waals surface area contributed by atoms with E-state index in [9.17, 15) is 4.79 Å². The highest BCUT2D eigenvalue weighted by atomic mass is 79.9. The molecule has 1 amide bonds. The highest BCUT2D eigenvalue weighted by Gasteiger charge is 2.21. The van der Waals surface area contributed by atoms with Crippen LogP contribution in [0.15, 0.2) is 27.1 Å². The highest BCUT2D eigenvalue weighted by Crippen LogP contribution is 2.26. The lowest BCUT2D eigenvalue weighted by Crippen LogP contribution is -2.40. The van der Waals surface area contributed by atoms with Crippen LogP contribution in [0.25, 0.3) is 0 Å². The molecule has 0 radical (unpaired) electrons. The Morgan fingerprint density at radius 2 is 2.00 bits per heavy atom. The Kier molecular flexibility index (Phi) is 8.04. The number of amides is 1. The van der Waals surface area contributed by atoms with Crippen molar-refractivity contribution in [2.75, 3.05) is 19.6 Å². The summed E-state index contributed by atoms with van der Waals surface area (Å²) in [6.07, 6.45) is -0.265. The Hall–Kier alpha value is -0.590. The zero-order valence-corrected chi connectivity index (χ0v) is 17.6. The Labute approximate surface area is 156 Å². The maximum absolute atomic E-state index is 12.1. The van der Waals surface area contributed by atoms with E-state index in [1.807, 2.05) is 39.8 Å².